The van der Waals surface area contributed by atoms with Crippen LogP contribution < -0.4 is 5.32 Å². The molecule has 2 aromatic rings. The summed E-state index contributed by atoms with van der Waals surface area (Å²) in [5.41, 5.74) is 3.66. The number of likely N-dealkylation sites (tertiary alicyclic amines) is 1. The number of rotatable bonds is 6. The summed E-state index contributed by atoms with van der Waals surface area (Å²) >= 11 is 0. The van der Waals surface area contributed by atoms with E-state index in [2.05, 4.69) is 27.3 Å². The van der Waals surface area contributed by atoms with Crippen LogP contribution in [0.2, 0.25) is 0 Å². The van der Waals surface area contributed by atoms with Gasteiger partial charge in [-0.05, 0) is 57.8 Å². The van der Waals surface area contributed by atoms with E-state index in [0.717, 1.165) is 36.5 Å². The second-order valence-corrected chi connectivity index (χ2v) is 7.13. The molecular weight excluding hydrogens is 326 g/mol. The Hall–Kier alpha value is -2.40. The van der Waals surface area contributed by atoms with Crippen LogP contribution in [0.3, 0.4) is 0 Å². The summed E-state index contributed by atoms with van der Waals surface area (Å²) in [5, 5.41) is 3.17. The molecular formula is C21H27N3O2. The average Bonchev–Trinajstić information content (AvgIpc) is 3.22. The monoisotopic (exact) mass is 353 g/mol. The van der Waals surface area contributed by atoms with Gasteiger partial charge in [0.15, 0.2) is 5.78 Å². The Morgan fingerprint density at radius 2 is 1.81 bits per heavy atom. The van der Waals surface area contributed by atoms with Gasteiger partial charge in [-0.25, -0.2) is 0 Å². The molecule has 1 amide bonds. The van der Waals surface area contributed by atoms with Gasteiger partial charge in [0.2, 0.25) is 0 Å². The number of nitrogens with zero attached hydrogens (tertiary/aromatic N) is 1. The van der Waals surface area contributed by atoms with Crippen LogP contribution >= 0.6 is 0 Å². The molecule has 2 heterocycles. The van der Waals surface area contributed by atoms with Gasteiger partial charge < -0.3 is 15.2 Å². The zero-order chi connectivity index (χ0) is 18.7. The first-order valence-corrected chi connectivity index (χ1v) is 9.25. The molecule has 3 rings (SSSR count). The number of nitrogens with one attached hydrogen (secondary N) is 2. The molecule has 0 saturated carbocycles. The fraction of sp³-hybridized carbons (Fsp3) is 0.429. The molecule has 1 aliphatic rings. The summed E-state index contributed by atoms with van der Waals surface area (Å²) in [5.74, 6) is -0.182. The van der Waals surface area contributed by atoms with E-state index in [-0.39, 0.29) is 17.7 Å². The maximum absolute atomic E-state index is 12.9. The molecule has 2 N–H and O–H groups in total. The number of Topliss-reactive ketones (excluding diaryl/α,β-unsaturated/α-hetero) is 1. The van der Waals surface area contributed by atoms with Gasteiger partial charge in [-0.3, -0.25) is 9.59 Å². The van der Waals surface area contributed by atoms with Crippen LogP contribution in [0.25, 0.3) is 0 Å². The van der Waals surface area contributed by atoms with E-state index in [1.807, 2.05) is 32.0 Å². The lowest BCUT2D eigenvalue weighted by molar-refractivity contribution is 0.0922. The van der Waals surface area contributed by atoms with E-state index in [1.54, 1.807) is 0 Å². The van der Waals surface area contributed by atoms with E-state index in [1.165, 1.54) is 19.8 Å². The standard InChI is InChI=1S/C21H27N3O2/c1-14-19(16(3)25)15(2)22-20(14)21(26)23-18(13-24-11-7-8-12-24)17-9-5-4-6-10-17/h4-6,9-10,18,22H,7-8,11-13H2,1-3H3,(H,23,26)/t18-/m0/s1. The molecule has 5 nitrogen and oxygen atoms in total. The molecule has 5 heteroatoms. The second kappa shape index (κ2) is 7.87. The Balaban J connectivity index is 1.83. The summed E-state index contributed by atoms with van der Waals surface area (Å²) in [6, 6.07) is 10.00. The molecule has 138 valence electrons. The number of aromatic nitrogens is 1. The van der Waals surface area contributed by atoms with Crippen molar-refractivity contribution in [2.24, 2.45) is 0 Å². The summed E-state index contributed by atoms with van der Waals surface area (Å²) in [4.78, 5) is 30.3. The lowest BCUT2D eigenvalue weighted by Gasteiger charge is -2.25. The maximum Gasteiger partial charge on any atom is 0.268 e. The predicted octanol–water partition coefficient (Wildman–Crippen LogP) is 3.40. The molecule has 0 aliphatic carbocycles. The van der Waals surface area contributed by atoms with Crippen molar-refractivity contribution in [3.05, 3.63) is 58.4 Å². The number of ketones is 1. The number of aromatic amines is 1. The van der Waals surface area contributed by atoms with E-state index in [9.17, 15) is 9.59 Å². The average molecular weight is 353 g/mol. The van der Waals surface area contributed by atoms with Crippen molar-refractivity contribution < 1.29 is 9.59 Å². The first kappa shape index (κ1) is 18.4. The molecule has 26 heavy (non-hydrogen) atoms. The smallest absolute Gasteiger partial charge is 0.268 e. The predicted molar refractivity (Wildman–Crippen MR) is 103 cm³/mol. The Morgan fingerprint density at radius 3 is 2.38 bits per heavy atom. The highest BCUT2D eigenvalue weighted by Gasteiger charge is 2.24. The quantitative estimate of drug-likeness (QED) is 0.782. The number of carbonyl (C=O) groups excluding carboxylic acids is 2. The van der Waals surface area contributed by atoms with Crippen molar-refractivity contribution in [1.82, 2.24) is 15.2 Å². The number of amides is 1. The van der Waals surface area contributed by atoms with Crippen LogP contribution in [0, 0.1) is 13.8 Å². The third-order valence-corrected chi connectivity index (χ3v) is 5.16. The Labute approximate surface area is 154 Å². The minimum absolute atomic E-state index is 0.0213. The lowest BCUT2D eigenvalue weighted by Crippen LogP contribution is -2.37. The normalized spacial score (nSPS) is 15.8. The topological polar surface area (TPSA) is 65.2 Å². The van der Waals surface area contributed by atoms with Crippen molar-refractivity contribution in [3.63, 3.8) is 0 Å². The van der Waals surface area contributed by atoms with E-state index < -0.39 is 0 Å². The van der Waals surface area contributed by atoms with Crippen LogP contribution in [-0.2, 0) is 0 Å². The SMILES string of the molecule is CC(=O)c1c(C)[nH]c(C(=O)N[C@@H](CN2CCCC2)c2ccccc2)c1C. The first-order valence-electron chi connectivity index (χ1n) is 9.25. The first-order chi connectivity index (χ1) is 12.5. The van der Waals surface area contributed by atoms with Crippen LogP contribution in [0.15, 0.2) is 30.3 Å². The summed E-state index contributed by atoms with van der Waals surface area (Å²) < 4.78 is 0. The molecule has 0 bridgehead atoms. The third kappa shape index (κ3) is 3.88. The number of aryl methyl sites for hydroxylation is 1. The van der Waals surface area contributed by atoms with Crippen molar-refractivity contribution in [1.29, 1.82) is 0 Å². The van der Waals surface area contributed by atoms with E-state index in [0.29, 0.717) is 11.3 Å². The van der Waals surface area contributed by atoms with Gasteiger partial charge in [0.25, 0.3) is 5.91 Å². The lowest BCUT2D eigenvalue weighted by atomic mass is 10.0. The fourth-order valence-electron chi connectivity index (χ4n) is 3.88. The Kier molecular flexibility index (Phi) is 5.57. The fourth-order valence-corrected chi connectivity index (χ4v) is 3.88. The third-order valence-electron chi connectivity index (χ3n) is 5.16. The van der Waals surface area contributed by atoms with Crippen LogP contribution in [0.4, 0.5) is 0 Å². The van der Waals surface area contributed by atoms with Crippen molar-refractivity contribution >= 4 is 11.7 Å². The number of benzene rings is 1. The highest BCUT2D eigenvalue weighted by molar-refractivity contribution is 6.02. The van der Waals surface area contributed by atoms with Gasteiger partial charge in [0, 0.05) is 17.8 Å². The summed E-state index contributed by atoms with van der Waals surface area (Å²) in [7, 11) is 0. The number of carbonyl (C=O) groups is 2. The van der Waals surface area contributed by atoms with Crippen LogP contribution in [0.1, 0.15) is 63.5 Å². The summed E-state index contributed by atoms with van der Waals surface area (Å²) in [6.07, 6.45) is 2.43. The van der Waals surface area contributed by atoms with Gasteiger partial charge in [-0.2, -0.15) is 0 Å². The Morgan fingerprint density at radius 1 is 1.15 bits per heavy atom. The second-order valence-electron chi connectivity index (χ2n) is 7.13. The van der Waals surface area contributed by atoms with Gasteiger partial charge >= 0.3 is 0 Å². The van der Waals surface area contributed by atoms with Crippen molar-refractivity contribution in [3.8, 4) is 0 Å². The molecule has 0 radical (unpaired) electrons. The molecule has 1 aliphatic heterocycles. The van der Waals surface area contributed by atoms with Crippen LogP contribution in [0.5, 0.6) is 0 Å². The Bertz CT molecular complexity index is 789. The molecule has 1 aromatic carbocycles. The molecule has 0 spiro atoms. The minimum Gasteiger partial charge on any atom is -0.354 e. The van der Waals surface area contributed by atoms with Crippen LogP contribution in [-0.4, -0.2) is 41.2 Å². The number of hydrogen-bond donors (Lipinski definition) is 2. The van der Waals surface area contributed by atoms with E-state index in [4.69, 9.17) is 0 Å². The zero-order valence-corrected chi connectivity index (χ0v) is 15.8. The summed E-state index contributed by atoms with van der Waals surface area (Å²) in [6.45, 7) is 8.15. The number of hydrogen-bond acceptors (Lipinski definition) is 3. The molecule has 0 unspecified atom stereocenters. The van der Waals surface area contributed by atoms with Gasteiger partial charge in [-0.1, -0.05) is 30.3 Å². The van der Waals surface area contributed by atoms with Gasteiger partial charge in [0.05, 0.1) is 6.04 Å². The molecule has 1 atom stereocenters. The highest BCUT2D eigenvalue weighted by Crippen LogP contribution is 2.21. The molecule has 1 aromatic heterocycles. The highest BCUT2D eigenvalue weighted by atomic mass is 16.2. The minimum atomic E-state index is -0.161. The maximum atomic E-state index is 12.9. The van der Waals surface area contributed by atoms with Gasteiger partial charge in [0.1, 0.15) is 5.69 Å². The van der Waals surface area contributed by atoms with Crippen molar-refractivity contribution in [2.45, 2.75) is 39.7 Å². The largest absolute Gasteiger partial charge is 0.354 e. The van der Waals surface area contributed by atoms with Crippen molar-refractivity contribution in [2.75, 3.05) is 19.6 Å². The molecule has 1 fully saturated rings. The number of H-pyrrole nitrogens is 1. The van der Waals surface area contributed by atoms with Gasteiger partial charge in [-0.15, -0.1) is 0 Å². The zero-order valence-electron chi connectivity index (χ0n) is 15.8. The van der Waals surface area contributed by atoms with E-state index >= 15 is 0 Å². The molecule has 1 saturated heterocycles.